The number of hydrogen-bond donors (Lipinski definition) is 4. The highest BCUT2D eigenvalue weighted by atomic mass is 16.3. The largest absolute Gasteiger partial charge is 0.389 e. The van der Waals surface area contributed by atoms with E-state index in [0.717, 1.165) is 0 Å². The first-order chi connectivity index (χ1) is 6.22. The third kappa shape index (κ3) is 6.38. The highest BCUT2D eigenvalue weighted by Gasteiger charge is 2.19. The molecule has 0 saturated heterocycles. The fraction of sp³-hybridized carbons (Fsp3) is 0.750. The number of carbonyl (C=O) groups excluding carboxylic acids is 2. The Balaban J connectivity index is 3.91. The summed E-state index contributed by atoms with van der Waals surface area (Å²) in [6.07, 6.45) is -0.197. The maximum absolute atomic E-state index is 11.2. The zero-order valence-electron chi connectivity index (χ0n) is 8.41. The van der Waals surface area contributed by atoms with Crippen LogP contribution >= 0.6 is 0 Å². The van der Waals surface area contributed by atoms with Crippen molar-refractivity contribution in [1.82, 2.24) is 5.32 Å². The minimum Gasteiger partial charge on any atom is -0.389 e. The Labute approximate surface area is 82.6 Å². The van der Waals surface area contributed by atoms with Gasteiger partial charge in [-0.05, 0) is 13.8 Å². The van der Waals surface area contributed by atoms with Gasteiger partial charge in [0.15, 0.2) is 0 Å². The number of carbonyl (C=O) groups is 2. The molecule has 0 rings (SSSR count). The van der Waals surface area contributed by atoms with E-state index in [4.69, 9.17) is 11.5 Å². The predicted octanol–water partition coefficient (Wildman–Crippen LogP) is -1.92. The van der Waals surface area contributed by atoms with E-state index >= 15 is 0 Å². The summed E-state index contributed by atoms with van der Waals surface area (Å²) in [7, 11) is 0. The lowest BCUT2D eigenvalue weighted by Crippen LogP contribution is -2.47. The first-order valence-corrected chi connectivity index (χ1v) is 4.26. The van der Waals surface area contributed by atoms with Crippen molar-refractivity contribution in [3.8, 4) is 0 Å². The molecule has 0 aromatic carbocycles. The second-order valence-corrected chi connectivity index (χ2v) is 3.81. The average Bonchev–Trinajstić information content (AvgIpc) is 1.97. The van der Waals surface area contributed by atoms with Gasteiger partial charge in [-0.1, -0.05) is 0 Å². The summed E-state index contributed by atoms with van der Waals surface area (Å²) in [6.45, 7) is 3.18. The van der Waals surface area contributed by atoms with E-state index in [1.165, 1.54) is 0 Å². The van der Waals surface area contributed by atoms with Crippen LogP contribution in [-0.2, 0) is 9.59 Å². The van der Waals surface area contributed by atoms with Gasteiger partial charge in [0.05, 0.1) is 18.1 Å². The van der Waals surface area contributed by atoms with Crippen molar-refractivity contribution in [2.45, 2.75) is 31.9 Å². The third-order valence-corrected chi connectivity index (χ3v) is 1.45. The van der Waals surface area contributed by atoms with Crippen LogP contribution in [0, 0.1) is 0 Å². The molecule has 0 spiro atoms. The number of aliphatic hydroxyl groups is 1. The fourth-order valence-corrected chi connectivity index (χ4v) is 0.744. The molecule has 0 radical (unpaired) electrons. The highest BCUT2D eigenvalue weighted by molar-refractivity contribution is 5.87. The van der Waals surface area contributed by atoms with Crippen molar-refractivity contribution in [2.24, 2.45) is 11.5 Å². The van der Waals surface area contributed by atoms with Crippen LogP contribution in [-0.4, -0.2) is 35.1 Å². The summed E-state index contributed by atoms with van der Waals surface area (Å²) < 4.78 is 0. The van der Waals surface area contributed by atoms with Crippen LogP contribution in [0.15, 0.2) is 0 Å². The molecule has 2 amide bonds. The Morgan fingerprint density at radius 1 is 1.50 bits per heavy atom. The molecule has 6 heteroatoms. The second-order valence-electron chi connectivity index (χ2n) is 3.81. The lowest BCUT2D eigenvalue weighted by molar-refractivity contribution is -0.127. The number of hydrogen-bond acceptors (Lipinski definition) is 4. The summed E-state index contributed by atoms with van der Waals surface area (Å²) in [5.74, 6) is -1.12. The quantitative estimate of drug-likeness (QED) is 0.416. The number of nitrogens with one attached hydrogen (secondary N) is 1. The lowest BCUT2D eigenvalue weighted by atomic mass is 10.1. The molecule has 0 heterocycles. The van der Waals surface area contributed by atoms with E-state index in [1.807, 2.05) is 0 Å². The van der Waals surface area contributed by atoms with Gasteiger partial charge in [-0.2, -0.15) is 0 Å². The fourth-order valence-electron chi connectivity index (χ4n) is 0.744. The molecule has 0 aliphatic rings. The van der Waals surface area contributed by atoms with E-state index in [-0.39, 0.29) is 13.0 Å². The van der Waals surface area contributed by atoms with Gasteiger partial charge in [0.25, 0.3) is 0 Å². The van der Waals surface area contributed by atoms with E-state index < -0.39 is 23.5 Å². The van der Waals surface area contributed by atoms with Gasteiger partial charge in [0.2, 0.25) is 11.8 Å². The zero-order chi connectivity index (χ0) is 11.4. The Morgan fingerprint density at radius 3 is 2.36 bits per heavy atom. The first kappa shape index (κ1) is 12.9. The molecule has 14 heavy (non-hydrogen) atoms. The van der Waals surface area contributed by atoms with Crippen LogP contribution in [0.2, 0.25) is 0 Å². The molecule has 6 N–H and O–H groups in total. The van der Waals surface area contributed by atoms with Crippen molar-refractivity contribution in [3.63, 3.8) is 0 Å². The summed E-state index contributed by atoms with van der Waals surface area (Å²) in [4.78, 5) is 21.6. The maximum atomic E-state index is 11.2. The molecular weight excluding hydrogens is 186 g/mol. The smallest absolute Gasteiger partial charge is 0.237 e. The minimum atomic E-state index is -0.998. The zero-order valence-corrected chi connectivity index (χ0v) is 8.41. The molecule has 1 unspecified atom stereocenters. The van der Waals surface area contributed by atoms with Gasteiger partial charge >= 0.3 is 0 Å². The molecular formula is C8H17N3O3. The summed E-state index contributed by atoms with van der Waals surface area (Å²) in [5.41, 5.74) is 9.22. The van der Waals surface area contributed by atoms with E-state index in [9.17, 15) is 14.7 Å². The van der Waals surface area contributed by atoms with Crippen LogP contribution in [0.1, 0.15) is 20.3 Å². The Kier molecular flexibility index (Phi) is 4.52. The molecule has 0 aliphatic heterocycles. The van der Waals surface area contributed by atoms with Gasteiger partial charge in [0, 0.05) is 6.54 Å². The molecule has 0 aliphatic carbocycles. The summed E-state index contributed by atoms with van der Waals surface area (Å²) in [5, 5.41) is 11.7. The van der Waals surface area contributed by atoms with E-state index in [0.29, 0.717) is 0 Å². The van der Waals surface area contributed by atoms with Crippen LogP contribution in [0.5, 0.6) is 0 Å². The van der Waals surface area contributed by atoms with E-state index in [2.05, 4.69) is 5.32 Å². The van der Waals surface area contributed by atoms with Crippen molar-refractivity contribution >= 4 is 11.8 Å². The van der Waals surface area contributed by atoms with Gasteiger partial charge in [0.1, 0.15) is 0 Å². The second kappa shape index (κ2) is 4.92. The Hall–Kier alpha value is -1.14. The molecule has 0 aromatic rings. The third-order valence-electron chi connectivity index (χ3n) is 1.45. The van der Waals surface area contributed by atoms with Gasteiger partial charge in [-0.15, -0.1) is 0 Å². The van der Waals surface area contributed by atoms with Crippen molar-refractivity contribution in [1.29, 1.82) is 0 Å². The first-order valence-electron chi connectivity index (χ1n) is 4.26. The molecule has 0 fully saturated rings. The number of primary amides is 1. The molecule has 6 nitrogen and oxygen atoms in total. The van der Waals surface area contributed by atoms with Crippen LogP contribution in [0.4, 0.5) is 0 Å². The normalized spacial score (nSPS) is 13.4. The standard InChI is InChI=1S/C8H17N3O3/c1-8(2,14)4-11-7(13)5(9)3-6(10)12/h5,14H,3-4,9H2,1-2H3,(H2,10,12)(H,11,13). The average molecular weight is 203 g/mol. The van der Waals surface area contributed by atoms with Crippen molar-refractivity contribution in [3.05, 3.63) is 0 Å². The molecule has 0 aromatic heterocycles. The predicted molar refractivity (Wildman–Crippen MR) is 51.1 cm³/mol. The monoisotopic (exact) mass is 203 g/mol. The van der Waals surface area contributed by atoms with Crippen molar-refractivity contribution in [2.75, 3.05) is 6.54 Å². The number of rotatable bonds is 5. The van der Waals surface area contributed by atoms with Gasteiger partial charge in [-0.3, -0.25) is 9.59 Å². The molecule has 0 saturated carbocycles. The van der Waals surface area contributed by atoms with Crippen LogP contribution < -0.4 is 16.8 Å². The minimum absolute atomic E-state index is 0.0816. The summed E-state index contributed by atoms with van der Waals surface area (Å²) in [6, 6.07) is -0.949. The Morgan fingerprint density at radius 2 is 2.00 bits per heavy atom. The topological polar surface area (TPSA) is 118 Å². The van der Waals surface area contributed by atoms with Gasteiger partial charge in [-0.25, -0.2) is 0 Å². The SMILES string of the molecule is CC(C)(O)CNC(=O)C(N)CC(N)=O. The van der Waals surface area contributed by atoms with E-state index in [1.54, 1.807) is 13.8 Å². The maximum Gasteiger partial charge on any atom is 0.237 e. The molecule has 82 valence electrons. The number of amides is 2. The van der Waals surface area contributed by atoms with Crippen molar-refractivity contribution < 1.29 is 14.7 Å². The van der Waals surface area contributed by atoms with Gasteiger partial charge < -0.3 is 21.9 Å². The highest BCUT2D eigenvalue weighted by Crippen LogP contribution is 1.97. The lowest BCUT2D eigenvalue weighted by Gasteiger charge is -2.19. The molecule has 0 bridgehead atoms. The van der Waals surface area contributed by atoms with Crippen LogP contribution in [0.3, 0.4) is 0 Å². The summed E-state index contributed by atoms with van der Waals surface area (Å²) >= 11 is 0. The number of nitrogens with two attached hydrogens (primary N) is 2. The molecule has 1 atom stereocenters. The Bertz CT molecular complexity index is 222. The van der Waals surface area contributed by atoms with Crippen LogP contribution in [0.25, 0.3) is 0 Å².